The maximum Gasteiger partial charge on any atom is 0.309 e. The van der Waals surface area contributed by atoms with Crippen LogP contribution in [0.2, 0.25) is 0 Å². The molecule has 0 radical (unpaired) electrons. The van der Waals surface area contributed by atoms with Gasteiger partial charge in [-0.25, -0.2) is 0 Å². The highest BCUT2D eigenvalue weighted by molar-refractivity contribution is 7.80. The largest absolute Gasteiger partial charge is 0.481 e. The molecule has 1 unspecified atom stereocenters. The second-order valence-electron chi connectivity index (χ2n) is 8.31. The topological polar surface area (TPSA) is 130 Å². The van der Waals surface area contributed by atoms with Gasteiger partial charge in [-0.3, -0.25) is 14.4 Å². The van der Waals surface area contributed by atoms with E-state index in [0.29, 0.717) is 38.1 Å². The van der Waals surface area contributed by atoms with Crippen LogP contribution in [0, 0.1) is 16.2 Å². The van der Waals surface area contributed by atoms with Gasteiger partial charge in [0.2, 0.25) is 5.91 Å². The highest BCUT2D eigenvalue weighted by atomic mass is 32.1. The molecule has 0 bridgehead atoms. The van der Waals surface area contributed by atoms with Crippen LogP contribution in [-0.4, -0.2) is 52.7 Å². The highest BCUT2D eigenvalue weighted by Gasteiger charge is 2.40. The van der Waals surface area contributed by atoms with Gasteiger partial charge in [0.25, 0.3) is 0 Å². The van der Waals surface area contributed by atoms with Crippen molar-refractivity contribution in [2.24, 2.45) is 22.0 Å². The van der Waals surface area contributed by atoms with Crippen molar-refractivity contribution in [2.75, 3.05) is 24.6 Å². The van der Waals surface area contributed by atoms with Crippen LogP contribution in [0.25, 0.3) is 0 Å². The van der Waals surface area contributed by atoms with Gasteiger partial charge in [-0.05, 0) is 40.0 Å². The number of hydrogen-bond acceptors (Lipinski definition) is 6. The van der Waals surface area contributed by atoms with Crippen molar-refractivity contribution in [2.45, 2.75) is 67.7 Å². The Kier molecular flexibility index (Phi) is 17.9. The molecule has 1 atom stereocenters. The van der Waals surface area contributed by atoms with Gasteiger partial charge in [0.15, 0.2) is 0 Å². The van der Waals surface area contributed by atoms with Crippen molar-refractivity contribution in [3.8, 4) is 0 Å². The lowest BCUT2D eigenvalue weighted by Gasteiger charge is -2.32. The summed E-state index contributed by atoms with van der Waals surface area (Å²) in [6.45, 7) is 13.6. The molecule has 0 aliphatic carbocycles. The van der Waals surface area contributed by atoms with Gasteiger partial charge in [0.05, 0.1) is 10.8 Å². The van der Waals surface area contributed by atoms with E-state index in [-0.39, 0.29) is 5.91 Å². The molecule has 0 fully saturated rings. The Morgan fingerprint density at radius 3 is 1.52 bits per heavy atom. The number of amides is 1. The van der Waals surface area contributed by atoms with Gasteiger partial charge in [-0.1, -0.05) is 27.7 Å². The molecule has 0 saturated heterocycles. The van der Waals surface area contributed by atoms with Crippen molar-refractivity contribution in [1.82, 2.24) is 5.32 Å². The van der Waals surface area contributed by atoms with Crippen molar-refractivity contribution < 1.29 is 24.6 Å². The molecule has 1 amide bonds. The van der Waals surface area contributed by atoms with Crippen LogP contribution in [0.4, 0.5) is 0 Å². The number of aliphatic carboxylic acids is 2. The maximum absolute atomic E-state index is 11.9. The number of carbonyl (C=O) groups excluding carboxylic acids is 1. The van der Waals surface area contributed by atoms with E-state index in [1.165, 1.54) is 0 Å². The van der Waals surface area contributed by atoms with Gasteiger partial charge in [-0.15, -0.1) is 0 Å². The van der Waals surface area contributed by atoms with E-state index in [9.17, 15) is 19.5 Å². The molecular formula is C20H42N2O5S2. The average molecular weight is 455 g/mol. The Hall–Kier alpha value is -0.930. The van der Waals surface area contributed by atoms with E-state index in [1.54, 1.807) is 34.6 Å². The van der Waals surface area contributed by atoms with Crippen LogP contribution in [0.5, 0.6) is 0 Å². The summed E-state index contributed by atoms with van der Waals surface area (Å²) in [6, 6.07) is 0. The number of nitrogens with one attached hydrogen (secondary N) is 1. The number of nitrogens with two attached hydrogens (primary N) is 1. The molecule has 5 N–H and O–H groups in total. The summed E-state index contributed by atoms with van der Waals surface area (Å²) in [6.07, 6.45) is 1.51. The lowest BCUT2D eigenvalue weighted by Crippen LogP contribution is -2.43. The van der Waals surface area contributed by atoms with E-state index in [4.69, 9.17) is 10.8 Å². The van der Waals surface area contributed by atoms with Crippen LogP contribution < -0.4 is 11.1 Å². The Labute approximate surface area is 187 Å². The molecule has 0 aromatic heterocycles. The molecule has 0 spiro atoms. The normalized spacial score (nSPS) is 13.0. The van der Waals surface area contributed by atoms with Crippen LogP contribution in [0.15, 0.2) is 0 Å². The lowest BCUT2D eigenvalue weighted by molar-refractivity contribution is -0.151. The fourth-order valence-electron chi connectivity index (χ4n) is 1.97. The van der Waals surface area contributed by atoms with E-state index in [2.05, 4.69) is 30.6 Å². The van der Waals surface area contributed by atoms with E-state index >= 15 is 0 Å². The van der Waals surface area contributed by atoms with Crippen LogP contribution in [0.1, 0.15) is 67.7 Å². The molecule has 0 heterocycles. The molecule has 0 aromatic rings. The third kappa shape index (κ3) is 14.7. The number of carbonyl (C=O) groups is 3. The first-order valence-corrected chi connectivity index (χ1v) is 11.0. The van der Waals surface area contributed by atoms with Crippen LogP contribution >= 0.6 is 25.3 Å². The smallest absolute Gasteiger partial charge is 0.309 e. The number of rotatable bonds is 10. The molecular weight excluding hydrogens is 412 g/mol. The zero-order valence-corrected chi connectivity index (χ0v) is 20.8. The minimum Gasteiger partial charge on any atom is -0.481 e. The first-order valence-electron chi connectivity index (χ1n) is 9.78. The first kappa shape index (κ1) is 32.7. The minimum atomic E-state index is -0.859. The third-order valence-corrected chi connectivity index (χ3v) is 5.21. The van der Waals surface area contributed by atoms with Gasteiger partial charge in [0.1, 0.15) is 0 Å². The highest BCUT2D eigenvalue weighted by Crippen LogP contribution is 2.36. The molecule has 0 aliphatic rings. The predicted octanol–water partition coefficient (Wildman–Crippen LogP) is 3.33. The Morgan fingerprint density at radius 1 is 0.862 bits per heavy atom. The Balaban J connectivity index is -0.000000465. The number of carboxylic acids is 2. The van der Waals surface area contributed by atoms with Crippen LogP contribution in [-0.2, 0) is 14.4 Å². The number of carboxylic acid groups (broad SMARTS) is 2. The zero-order chi connectivity index (χ0) is 23.9. The average Bonchev–Trinajstić information content (AvgIpc) is 2.65. The van der Waals surface area contributed by atoms with Crippen molar-refractivity contribution in [3.05, 3.63) is 0 Å². The molecule has 0 aliphatic heterocycles. The third-order valence-electron chi connectivity index (χ3n) is 4.73. The van der Waals surface area contributed by atoms with E-state index < -0.39 is 28.2 Å². The lowest BCUT2D eigenvalue weighted by atomic mass is 9.72. The van der Waals surface area contributed by atoms with Crippen LogP contribution in [0.3, 0.4) is 0 Å². The fourth-order valence-corrected chi connectivity index (χ4v) is 2.08. The second-order valence-corrected chi connectivity index (χ2v) is 9.21. The molecule has 0 rings (SSSR count). The summed E-state index contributed by atoms with van der Waals surface area (Å²) in [4.78, 5) is 33.4. The van der Waals surface area contributed by atoms with Crippen molar-refractivity contribution >= 4 is 43.1 Å². The Bertz CT molecular complexity index is 497. The summed E-state index contributed by atoms with van der Waals surface area (Å²) >= 11 is 7.81. The van der Waals surface area contributed by atoms with E-state index in [0.717, 1.165) is 5.75 Å². The zero-order valence-electron chi connectivity index (χ0n) is 19.0. The van der Waals surface area contributed by atoms with E-state index in [1.807, 2.05) is 13.8 Å². The maximum atomic E-state index is 11.9. The summed E-state index contributed by atoms with van der Waals surface area (Å²) in [7, 11) is 0. The molecule has 0 aromatic carbocycles. The fraction of sp³-hybridized carbons (Fsp3) is 0.850. The summed E-state index contributed by atoms with van der Waals surface area (Å²) in [5, 5.41) is 20.4. The summed E-state index contributed by atoms with van der Waals surface area (Å²) in [5.74, 6) is -0.325. The second kappa shape index (κ2) is 15.8. The minimum absolute atomic E-state index is 0.118. The quantitative estimate of drug-likeness (QED) is 0.281. The monoisotopic (exact) mass is 454 g/mol. The first-order chi connectivity index (χ1) is 13.1. The molecule has 29 heavy (non-hydrogen) atoms. The van der Waals surface area contributed by atoms with Crippen molar-refractivity contribution in [1.29, 1.82) is 0 Å². The van der Waals surface area contributed by atoms with Gasteiger partial charge >= 0.3 is 11.9 Å². The molecule has 9 heteroatoms. The predicted molar refractivity (Wildman–Crippen MR) is 126 cm³/mol. The number of thiol groups is 2. The number of hydrogen-bond donors (Lipinski definition) is 6. The molecule has 174 valence electrons. The summed E-state index contributed by atoms with van der Waals surface area (Å²) < 4.78 is 0. The van der Waals surface area contributed by atoms with Gasteiger partial charge in [-0.2, -0.15) is 25.3 Å². The standard InChI is InChI=1S/C12H23NO3S.C6H12O2.C2H7NS/c1-5-12(4,10(15)16)8-11(2,3)9(14)13-6-7-17;1-4-6(2,3)5(7)8;3-1-2-4/h17H,5-8H2,1-4H3,(H,13,14)(H,15,16);4H2,1-3H3,(H,7,8);4H,1-3H2. The Morgan fingerprint density at radius 2 is 1.31 bits per heavy atom. The molecule has 0 saturated carbocycles. The van der Waals surface area contributed by atoms with Crippen molar-refractivity contribution in [3.63, 3.8) is 0 Å². The molecule has 7 nitrogen and oxygen atoms in total. The van der Waals surface area contributed by atoms with Gasteiger partial charge < -0.3 is 21.3 Å². The summed E-state index contributed by atoms with van der Waals surface area (Å²) in [5.41, 5.74) is 2.86. The van der Waals surface area contributed by atoms with Gasteiger partial charge in [0, 0.05) is 30.0 Å². The SMILES string of the molecule is CCC(C)(C)C(=O)O.CCC(C)(CC(C)(C)C(=O)NCCS)C(=O)O.NCCS.